The zero-order chi connectivity index (χ0) is 15.9. The maximum Gasteiger partial charge on any atom is 0.234 e. The third-order valence-corrected chi connectivity index (χ3v) is 3.70. The number of amides is 1. The Balaban J connectivity index is 0.00000264. The first-order chi connectivity index (χ1) is 10.6. The molecular formula is C16H25ClN2O4. The van der Waals surface area contributed by atoms with Gasteiger partial charge in [-0.1, -0.05) is 0 Å². The van der Waals surface area contributed by atoms with Crippen molar-refractivity contribution >= 4 is 18.3 Å². The molecule has 1 aromatic rings. The topological polar surface area (TPSA) is 79.8 Å². The summed E-state index contributed by atoms with van der Waals surface area (Å²) in [6, 6.07) is 5.20. The van der Waals surface area contributed by atoms with E-state index in [-0.39, 0.29) is 31.4 Å². The van der Waals surface area contributed by atoms with Crippen LogP contribution >= 0.6 is 12.4 Å². The summed E-state index contributed by atoms with van der Waals surface area (Å²) in [7, 11) is 3.10. The second-order valence-corrected chi connectivity index (χ2v) is 5.50. The van der Waals surface area contributed by atoms with Crippen LogP contribution in [0.1, 0.15) is 24.5 Å². The van der Waals surface area contributed by atoms with E-state index in [9.17, 15) is 9.90 Å². The smallest absolute Gasteiger partial charge is 0.234 e. The molecule has 0 aromatic heterocycles. The molecule has 2 rings (SSSR count). The highest BCUT2D eigenvalue weighted by Gasteiger charge is 2.21. The lowest BCUT2D eigenvalue weighted by molar-refractivity contribution is -0.120. The Labute approximate surface area is 143 Å². The minimum atomic E-state index is -0.850. The van der Waals surface area contributed by atoms with E-state index < -0.39 is 6.10 Å². The zero-order valence-electron chi connectivity index (χ0n) is 13.5. The second kappa shape index (κ2) is 9.60. The molecule has 1 amide bonds. The van der Waals surface area contributed by atoms with Crippen molar-refractivity contribution in [1.29, 1.82) is 0 Å². The van der Waals surface area contributed by atoms with Gasteiger partial charge in [-0.25, -0.2) is 0 Å². The summed E-state index contributed by atoms with van der Waals surface area (Å²) >= 11 is 0. The fraction of sp³-hybridized carbons (Fsp3) is 0.562. The number of nitrogens with one attached hydrogen (secondary N) is 2. The zero-order valence-corrected chi connectivity index (χ0v) is 14.3. The van der Waals surface area contributed by atoms with Gasteiger partial charge in [-0.3, -0.25) is 4.79 Å². The quantitative estimate of drug-likeness (QED) is 0.629. The van der Waals surface area contributed by atoms with Crippen molar-refractivity contribution in [3.63, 3.8) is 0 Å². The van der Waals surface area contributed by atoms with Gasteiger partial charge in [0.25, 0.3) is 0 Å². The molecule has 1 aromatic carbocycles. The molecule has 0 bridgehead atoms. The van der Waals surface area contributed by atoms with Crippen molar-refractivity contribution < 1.29 is 19.4 Å². The molecule has 1 unspecified atom stereocenters. The largest absolute Gasteiger partial charge is 0.497 e. The van der Waals surface area contributed by atoms with E-state index in [0.29, 0.717) is 17.1 Å². The highest BCUT2D eigenvalue weighted by atomic mass is 35.5. The van der Waals surface area contributed by atoms with Crippen LogP contribution in [0.25, 0.3) is 0 Å². The average molecular weight is 345 g/mol. The van der Waals surface area contributed by atoms with Gasteiger partial charge >= 0.3 is 0 Å². The average Bonchev–Trinajstić information content (AvgIpc) is 3.36. The van der Waals surface area contributed by atoms with Gasteiger partial charge in [0.1, 0.15) is 11.5 Å². The minimum Gasteiger partial charge on any atom is -0.497 e. The van der Waals surface area contributed by atoms with Crippen LogP contribution in [0.3, 0.4) is 0 Å². The van der Waals surface area contributed by atoms with Crippen molar-refractivity contribution in [2.75, 3.05) is 33.9 Å². The summed E-state index contributed by atoms with van der Waals surface area (Å²) < 4.78 is 10.4. The van der Waals surface area contributed by atoms with Gasteiger partial charge in [-0.2, -0.15) is 0 Å². The van der Waals surface area contributed by atoms with Crippen LogP contribution < -0.4 is 20.1 Å². The first-order valence-corrected chi connectivity index (χ1v) is 7.51. The molecule has 130 valence electrons. The maximum absolute atomic E-state index is 11.7. The molecule has 0 saturated heterocycles. The number of carbonyl (C=O) groups excluding carboxylic acids is 1. The Morgan fingerprint density at radius 3 is 2.70 bits per heavy atom. The monoisotopic (exact) mass is 344 g/mol. The van der Waals surface area contributed by atoms with E-state index in [1.165, 1.54) is 12.8 Å². The molecule has 7 heteroatoms. The van der Waals surface area contributed by atoms with Gasteiger partial charge < -0.3 is 25.2 Å². The molecule has 1 fully saturated rings. The first-order valence-electron chi connectivity index (χ1n) is 7.51. The number of rotatable bonds is 9. The Hall–Kier alpha value is -1.50. The van der Waals surface area contributed by atoms with Gasteiger partial charge in [-0.15, -0.1) is 12.4 Å². The third kappa shape index (κ3) is 6.25. The molecule has 0 spiro atoms. The highest BCUT2D eigenvalue weighted by Crippen LogP contribution is 2.29. The van der Waals surface area contributed by atoms with Crippen LogP contribution in [-0.2, 0) is 4.79 Å². The number of hydrogen-bond acceptors (Lipinski definition) is 5. The molecule has 0 aliphatic heterocycles. The van der Waals surface area contributed by atoms with Gasteiger partial charge in [0, 0.05) is 12.1 Å². The molecule has 23 heavy (non-hydrogen) atoms. The number of aliphatic hydroxyl groups is 1. The minimum absolute atomic E-state index is 0. The van der Waals surface area contributed by atoms with E-state index in [1.54, 1.807) is 32.4 Å². The Kier molecular flexibility index (Phi) is 8.16. The van der Waals surface area contributed by atoms with Crippen molar-refractivity contribution in [2.45, 2.75) is 18.9 Å². The van der Waals surface area contributed by atoms with Gasteiger partial charge in [0.05, 0.1) is 26.9 Å². The number of methoxy groups -OCH3 is 2. The van der Waals surface area contributed by atoms with E-state index >= 15 is 0 Å². The lowest BCUT2D eigenvalue weighted by atomic mass is 10.1. The van der Waals surface area contributed by atoms with Crippen LogP contribution in [0.5, 0.6) is 11.5 Å². The summed E-state index contributed by atoms with van der Waals surface area (Å²) in [6.07, 6.45) is 1.66. The summed E-state index contributed by atoms with van der Waals surface area (Å²) in [5.74, 6) is 1.81. The Morgan fingerprint density at radius 2 is 2.09 bits per heavy atom. The molecule has 6 nitrogen and oxygen atoms in total. The van der Waals surface area contributed by atoms with Crippen molar-refractivity contribution in [3.05, 3.63) is 23.8 Å². The number of ether oxygens (including phenoxy) is 2. The molecule has 1 saturated carbocycles. The number of hydrogen-bond donors (Lipinski definition) is 3. The predicted molar refractivity (Wildman–Crippen MR) is 90.4 cm³/mol. The standard InChI is InChI=1S/C16H24N2O4.ClH/c1-21-12-5-6-15(22-2)13(7-12)14(19)9-18-16(20)10-17-8-11-3-4-11;/h5-7,11,14,17,19H,3-4,8-10H2,1-2H3,(H,18,20);1H. The fourth-order valence-corrected chi connectivity index (χ4v) is 2.19. The molecule has 0 heterocycles. The van der Waals surface area contributed by atoms with Gasteiger partial charge in [0.2, 0.25) is 5.91 Å². The molecule has 0 radical (unpaired) electrons. The lowest BCUT2D eigenvalue weighted by Gasteiger charge is -2.16. The third-order valence-electron chi connectivity index (χ3n) is 3.70. The number of benzene rings is 1. The van der Waals surface area contributed by atoms with Crippen molar-refractivity contribution in [1.82, 2.24) is 10.6 Å². The Morgan fingerprint density at radius 1 is 1.35 bits per heavy atom. The SMILES string of the molecule is COc1ccc(OC)c(C(O)CNC(=O)CNCC2CC2)c1.Cl. The van der Waals surface area contributed by atoms with Gasteiger partial charge in [0.15, 0.2) is 0 Å². The number of carbonyl (C=O) groups is 1. The molecule has 1 atom stereocenters. The van der Waals surface area contributed by atoms with Crippen molar-refractivity contribution in [2.24, 2.45) is 5.92 Å². The number of aliphatic hydroxyl groups excluding tert-OH is 1. The summed E-state index contributed by atoms with van der Waals surface area (Å²) in [5.41, 5.74) is 0.591. The van der Waals surface area contributed by atoms with E-state index in [0.717, 1.165) is 12.5 Å². The maximum atomic E-state index is 11.7. The van der Waals surface area contributed by atoms with Gasteiger partial charge in [-0.05, 0) is 43.5 Å². The lowest BCUT2D eigenvalue weighted by Crippen LogP contribution is -2.36. The van der Waals surface area contributed by atoms with Crippen LogP contribution in [0.4, 0.5) is 0 Å². The summed E-state index contributed by atoms with van der Waals surface area (Å²) in [5, 5.41) is 16.1. The summed E-state index contributed by atoms with van der Waals surface area (Å²) in [6.45, 7) is 1.30. The molecule has 1 aliphatic carbocycles. The predicted octanol–water partition coefficient (Wildman–Crippen LogP) is 1.27. The normalized spacial score (nSPS) is 14.6. The molecular weight excluding hydrogens is 320 g/mol. The van der Waals surface area contributed by atoms with Crippen LogP contribution in [0.2, 0.25) is 0 Å². The van der Waals surface area contributed by atoms with Crippen LogP contribution in [-0.4, -0.2) is 44.9 Å². The first kappa shape index (κ1) is 19.5. The highest BCUT2D eigenvalue weighted by molar-refractivity contribution is 5.85. The number of halogens is 1. The van der Waals surface area contributed by atoms with Crippen molar-refractivity contribution in [3.8, 4) is 11.5 Å². The summed E-state index contributed by atoms with van der Waals surface area (Å²) in [4.78, 5) is 11.7. The molecule has 1 aliphatic rings. The van der Waals surface area contributed by atoms with E-state index in [2.05, 4.69) is 10.6 Å². The van der Waals surface area contributed by atoms with E-state index in [4.69, 9.17) is 9.47 Å². The van der Waals surface area contributed by atoms with Crippen LogP contribution in [0, 0.1) is 5.92 Å². The fourth-order valence-electron chi connectivity index (χ4n) is 2.19. The van der Waals surface area contributed by atoms with Crippen LogP contribution in [0.15, 0.2) is 18.2 Å². The second-order valence-electron chi connectivity index (χ2n) is 5.50. The Bertz CT molecular complexity index is 509. The molecule has 3 N–H and O–H groups in total. The van der Waals surface area contributed by atoms with E-state index in [1.807, 2.05) is 0 Å².